The van der Waals surface area contributed by atoms with Gasteiger partial charge >= 0.3 is 0 Å². The predicted octanol–water partition coefficient (Wildman–Crippen LogP) is 4.45. The van der Waals surface area contributed by atoms with E-state index in [0.29, 0.717) is 23.4 Å². The average molecular weight is 402 g/mol. The van der Waals surface area contributed by atoms with Gasteiger partial charge in [0, 0.05) is 36.4 Å². The minimum atomic E-state index is -0.189. The maximum atomic E-state index is 12.7. The van der Waals surface area contributed by atoms with E-state index < -0.39 is 0 Å². The predicted molar refractivity (Wildman–Crippen MR) is 119 cm³/mol. The quantitative estimate of drug-likeness (QED) is 0.471. The van der Waals surface area contributed by atoms with Crippen molar-refractivity contribution in [2.24, 2.45) is 0 Å². The molecule has 0 bridgehead atoms. The zero-order valence-electron chi connectivity index (χ0n) is 16.8. The third-order valence-electron chi connectivity index (χ3n) is 5.42. The number of anilines is 2. The Bertz CT molecular complexity index is 974. The van der Waals surface area contributed by atoms with Crippen molar-refractivity contribution in [1.82, 2.24) is 0 Å². The number of Topliss-reactive ketones (excluding diaryl/α,β-unsaturated/α-hetero) is 1. The normalized spacial score (nSPS) is 14.5. The maximum Gasteiger partial charge on any atom is 0.167 e. The summed E-state index contributed by atoms with van der Waals surface area (Å²) in [6, 6.07) is 22.6. The first-order chi connectivity index (χ1) is 14.6. The van der Waals surface area contributed by atoms with Gasteiger partial charge in [-0.2, -0.15) is 0 Å². The van der Waals surface area contributed by atoms with Crippen LogP contribution in [-0.2, 0) is 6.42 Å². The summed E-state index contributed by atoms with van der Waals surface area (Å²) < 4.78 is 5.79. The van der Waals surface area contributed by atoms with Crippen LogP contribution < -0.4 is 15.4 Å². The number of aliphatic hydroxyl groups excluding tert-OH is 1. The van der Waals surface area contributed by atoms with Gasteiger partial charge in [-0.3, -0.25) is 4.79 Å². The summed E-state index contributed by atoms with van der Waals surface area (Å²) in [5.41, 5.74) is 9.13. The molecule has 5 nitrogen and oxygen atoms in total. The van der Waals surface area contributed by atoms with Gasteiger partial charge < -0.3 is 20.5 Å². The molecule has 3 N–H and O–H groups in total. The number of hydrogen-bond donors (Lipinski definition) is 2. The third kappa shape index (κ3) is 4.99. The molecule has 1 aliphatic rings. The molecule has 1 heterocycles. The van der Waals surface area contributed by atoms with Crippen molar-refractivity contribution >= 4 is 17.2 Å². The van der Waals surface area contributed by atoms with Crippen LogP contribution >= 0.6 is 0 Å². The molecular weight excluding hydrogens is 376 g/mol. The Balaban J connectivity index is 1.34. The topological polar surface area (TPSA) is 75.8 Å². The van der Waals surface area contributed by atoms with Crippen molar-refractivity contribution in [3.63, 3.8) is 0 Å². The van der Waals surface area contributed by atoms with Gasteiger partial charge in [-0.05, 0) is 79.1 Å². The monoisotopic (exact) mass is 402 g/mol. The highest BCUT2D eigenvalue weighted by Crippen LogP contribution is 2.24. The minimum Gasteiger partial charge on any atom is -0.457 e. The van der Waals surface area contributed by atoms with Gasteiger partial charge in [0.2, 0.25) is 0 Å². The molecule has 0 saturated carbocycles. The smallest absolute Gasteiger partial charge is 0.167 e. The van der Waals surface area contributed by atoms with Crippen LogP contribution in [0.3, 0.4) is 0 Å². The second-order valence-corrected chi connectivity index (χ2v) is 7.68. The molecule has 1 saturated heterocycles. The van der Waals surface area contributed by atoms with Gasteiger partial charge in [-0.15, -0.1) is 0 Å². The number of aliphatic hydroxyl groups is 1. The molecule has 154 valence electrons. The van der Waals surface area contributed by atoms with E-state index in [2.05, 4.69) is 4.90 Å². The van der Waals surface area contributed by atoms with Gasteiger partial charge in [-0.25, -0.2) is 0 Å². The zero-order chi connectivity index (χ0) is 20.9. The maximum absolute atomic E-state index is 12.7. The van der Waals surface area contributed by atoms with Crippen molar-refractivity contribution in [2.75, 3.05) is 23.7 Å². The zero-order valence-corrected chi connectivity index (χ0v) is 16.8. The molecule has 30 heavy (non-hydrogen) atoms. The van der Waals surface area contributed by atoms with Crippen LogP contribution in [-0.4, -0.2) is 30.1 Å². The molecule has 0 unspecified atom stereocenters. The van der Waals surface area contributed by atoms with E-state index in [1.54, 1.807) is 12.1 Å². The third-order valence-corrected chi connectivity index (χ3v) is 5.42. The second-order valence-electron chi connectivity index (χ2n) is 7.68. The summed E-state index contributed by atoms with van der Waals surface area (Å²) in [7, 11) is 0. The molecule has 4 rings (SSSR count). The number of rotatable bonds is 6. The first-order valence-corrected chi connectivity index (χ1v) is 10.3. The van der Waals surface area contributed by atoms with Crippen LogP contribution in [0.15, 0.2) is 72.8 Å². The average Bonchev–Trinajstić information content (AvgIpc) is 2.77. The number of nitrogens with two attached hydrogens (primary N) is 1. The number of ether oxygens (including phenoxy) is 1. The lowest BCUT2D eigenvalue weighted by Gasteiger charge is -2.31. The van der Waals surface area contributed by atoms with Crippen LogP contribution in [0, 0.1) is 0 Å². The van der Waals surface area contributed by atoms with Crippen LogP contribution in [0.4, 0.5) is 11.4 Å². The highest BCUT2D eigenvalue weighted by atomic mass is 16.5. The molecule has 0 aliphatic carbocycles. The van der Waals surface area contributed by atoms with E-state index in [4.69, 9.17) is 10.5 Å². The second kappa shape index (κ2) is 9.01. The summed E-state index contributed by atoms with van der Waals surface area (Å²) >= 11 is 0. The highest BCUT2D eigenvalue weighted by molar-refractivity contribution is 5.97. The Morgan fingerprint density at radius 2 is 1.47 bits per heavy atom. The lowest BCUT2D eigenvalue weighted by atomic mass is 10.0. The Morgan fingerprint density at radius 1 is 0.900 bits per heavy atom. The molecule has 0 aromatic heterocycles. The summed E-state index contributed by atoms with van der Waals surface area (Å²) in [6.45, 7) is 1.69. The fourth-order valence-electron chi connectivity index (χ4n) is 3.62. The van der Waals surface area contributed by atoms with E-state index >= 15 is 0 Å². The standard InChI is InChI=1S/C25H26N2O3/c26-20-5-11-24(12-6-20)30-23-9-1-18(2-10-23)17-25(29)19-3-7-21(8-4-19)27-15-13-22(28)14-16-27/h1-12,22,28H,13-17,26H2. The van der Waals surface area contributed by atoms with Gasteiger partial charge in [0.25, 0.3) is 0 Å². The summed E-state index contributed by atoms with van der Waals surface area (Å²) in [5, 5.41) is 9.65. The molecule has 1 aliphatic heterocycles. The van der Waals surface area contributed by atoms with Gasteiger partial charge in [0.05, 0.1) is 6.10 Å². The van der Waals surface area contributed by atoms with Crippen LogP contribution in [0.2, 0.25) is 0 Å². The number of benzene rings is 3. The molecule has 3 aromatic rings. The number of carbonyl (C=O) groups excluding carboxylic acids is 1. The number of piperidine rings is 1. The lowest BCUT2D eigenvalue weighted by Crippen LogP contribution is -2.35. The van der Waals surface area contributed by atoms with E-state index in [1.807, 2.05) is 60.7 Å². The largest absolute Gasteiger partial charge is 0.457 e. The van der Waals surface area contributed by atoms with E-state index in [1.165, 1.54) is 0 Å². The molecule has 3 aromatic carbocycles. The Labute approximate surface area is 176 Å². The molecular formula is C25H26N2O3. The summed E-state index contributed by atoms with van der Waals surface area (Å²) in [6.07, 6.45) is 1.74. The first-order valence-electron chi connectivity index (χ1n) is 10.3. The van der Waals surface area contributed by atoms with E-state index in [9.17, 15) is 9.90 Å². The highest BCUT2D eigenvalue weighted by Gasteiger charge is 2.17. The van der Waals surface area contributed by atoms with Crippen molar-refractivity contribution < 1.29 is 14.6 Å². The summed E-state index contributed by atoms with van der Waals surface area (Å²) in [4.78, 5) is 14.9. The molecule has 0 atom stereocenters. The van der Waals surface area contributed by atoms with Crippen LogP contribution in [0.1, 0.15) is 28.8 Å². The van der Waals surface area contributed by atoms with Gasteiger partial charge in [0.1, 0.15) is 11.5 Å². The summed E-state index contributed by atoms with van der Waals surface area (Å²) in [5.74, 6) is 1.52. The fourth-order valence-corrected chi connectivity index (χ4v) is 3.62. The van der Waals surface area contributed by atoms with Crippen molar-refractivity contribution in [3.05, 3.63) is 83.9 Å². The van der Waals surface area contributed by atoms with Crippen molar-refractivity contribution in [2.45, 2.75) is 25.4 Å². The van der Waals surface area contributed by atoms with E-state index in [-0.39, 0.29) is 11.9 Å². The molecule has 0 amide bonds. The minimum absolute atomic E-state index is 0.0859. The lowest BCUT2D eigenvalue weighted by molar-refractivity contribution is 0.0993. The molecule has 0 radical (unpaired) electrons. The first kappa shape index (κ1) is 20.0. The number of ketones is 1. The SMILES string of the molecule is Nc1ccc(Oc2ccc(CC(=O)c3ccc(N4CCC(O)CC4)cc3)cc2)cc1. The number of carbonyl (C=O) groups is 1. The van der Waals surface area contributed by atoms with E-state index in [0.717, 1.165) is 42.9 Å². The van der Waals surface area contributed by atoms with Gasteiger partial charge in [-0.1, -0.05) is 12.1 Å². The van der Waals surface area contributed by atoms with Crippen LogP contribution in [0.25, 0.3) is 0 Å². The fraction of sp³-hybridized carbons (Fsp3) is 0.240. The Kier molecular flexibility index (Phi) is 6.00. The van der Waals surface area contributed by atoms with Gasteiger partial charge in [0.15, 0.2) is 5.78 Å². The number of hydrogen-bond acceptors (Lipinski definition) is 5. The Morgan fingerprint density at radius 3 is 2.07 bits per heavy atom. The molecule has 5 heteroatoms. The molecule has 0 spiro atoms. The van der Waals surface area contributed by atoms with Crippen LogP contribution in [0.5, 0.6) is 11.5 Å². The number of nitrogens with zero attached hydrogens (tertiary/aromatic N) is 1. The number of nitrogen functional groups attached to an aromatic ring is 1. The van der Waals surface area contributed by atoms with Crippen molar-refractivity contribution in [3.8, 4) is 11.5 Å². The Hall–Kier alpha value is -3.31. The molecule has 1 fully saturated rings. The van der Waals surface area contributed by atoms with Crippen molar-refractivity contribution in [1.29, 1.82) is 0 Å².